The molecule has 27 heavy (non-hydrogen) atoms. The normalized spacial score (nSPS) is 14.5. The second-order valence-corrected chi connectivity index (χ2v) is 6.68. The molecule has 1 aromatic rings. The fourth-order valence-electron chi connectivity index (χ4n) is 3.21. The molecule has 1 aliphatic heterocycles. The van der Waals surface area contributed by atoms with Crippen LogP contribution >= 0.6 is 0 Å². The van der Waals surface area contributed by atoms with E-state index in [0.717, 1.165) is 26.2 Å². The molecule has 142 valence electrons. The average Bonchev–Trinajstić information content (AvgIpc) is 2.68. The highest BCUT2D eigenvalue weighted by atomic mass is 16.2. The molecule has 1 fully saturated rings. The number of anilines is 1. The second-order valence-electron chi connectivity index (χ2n) is 6.68. The summed E-state index contributed by atoms with van der Waals surface area (Å²) in [5.74, 6) is -0.283. The van der Waals surface area contributed by atoms with E-state index in [-0.39, 0.29) is 11.5 Å². The Labute approximate surface area is 162 Å². The lowest BCUT2D eigenvalue weighted by Gasteiger charge is -2.36. The number of hydrogen-bond donors (Lipinski definition) is 0. The van der Waals surface area contributed by atoms with Gasteiger partial charge < -0.3 is 14.7 Å². The SMILES string of the molecule is C=CCN(CC=C)C(=O)/C(C#N)=C\N1CCN(c2cccc(C)c2C)CC1. The van der Waals surface area contributed by atoms with Crippen LogP contribution < -0.4 is 4.90 Å². The molecule has 1 heterocycles. The Bertz CT molecular complexity index is 757. The van der Waals surface area contributed by atoms with E-state index in [2.05, 4.69) is 61.1 Å². The second kappa shape index (κ2) is 9.63. The number of aryl methyl sites for hydroxylation is 1. The Morgan fingerprint density at radius 2 is 1.81 bits per heavy atom. The third-order valence-corrected chi connectivity index (χ3v) is 4.88. The maximum atomic E-state index is 12.6. The number of nitrogens with zero attached hydrogens (tertiary/aromatic N) is 4. The van der Waals surface area contributed by atoms with Crippen LogP contribution in [0.5, 0.6) is 0 Å². The Morgan fingerprint density at radius 3 is 2.37 bits per heavy atom. The molecule has 1 saturated heterocycles. The van der Waals surface area contributed by atoms with Crippen molar-refractivity contribution in [3.05, 3.63) is 66.4 Å². The van der Waals surface area contributed by atoms with Crippen molar-refractivity contribution in [2.24, 2.45) is 0 Å². The van der Waals surface area contributed by atoms with Crippen molar-refractivity contribution in [3.8, 4) is 6.07 Å². The van der Waals surface area contributed by atoms with Crippen LogP contribution in [-0.2, 0) is 4.79 Å². The Balaban J connectivity index is 2.06. The summed E-state index contributed by atoms with van der Waals surface area (Å²) < 4.78 is 0. The molecule has 0 atom stereocenters. The molecule has 5 nitrogen and oxygen atoms in total. The van der Waals surface area contributed by atoms with Crippen molar-refractivity contribution in [2.75, 3.05) is 44.2 Å². The maximum Gasteiger partial charge on any atom is 0.266 e. The lowest BCUT2D eigenvalue weighted by Crippen LogP contribution is -2.45. The van der Waals surface area contributed by atoms with E-state index in [9.17, 15) is 10.1 Å². The van der Waals surface area contributed by atoms with E-state index in [1.54, 1.807) is 23.3 Å². The van der Waals surface area contributed by atoms with Crippen molar-refractivity contribution in [3.63, 3.8) is 0 Å². The molecule has 5 heteroatoms. The highest BCUT2D eigenvalue weighted by Crippen LogP contribution is 2.24. The highest BCUT2D eigenvalue weighted by Gasteiger charge is 2.21. The smallest absolute Gasteiger partial charge is 0.266 e. The van der Waals surface area contributed by atoms with Gasteiger partial charge in [0.05, 0.1) is 0 Å². The van der Waals surface area contributed by atoms with Crippen LogP contribution in [0.4, 0.5) is 5.69 Å². The Kier molecular flexibility index (Phi) is 7.25. The minimum Gasteiger partial charge on any atom is -0.373 e. The first-order valence-electron chi connectivity index (χ1n) is 9.20. The topological polar surface area (TPSA) is 50.6 Å². The summed E-state index contributed by atoms with van der Waals surface area (Å²) in [6.07, 6.45) is 5.00. The number of benzene rings is 1. The number of nitriles is 1. The van der Waals surface area contributed by atoms with Crippen LogP contribution in [0.3, 0.4) is 0 Å². The van der Waals surface area contributed by atoms with E-state index in [1.807, 2.05) is 0 Å². The van der Waals surface area contributed by atoms with Crippen LogP contribution in [0.2, 0.25) is 0 Å². The lowest BCUT2D eigenvalue weighted by atomic mass is 10.1. The van der Waals surface area contributed by atoms with Crippen LogP contribution in [0.15, 0.2) is 55.3 Å². The van der Waals surface area contributed by atoms with E-state index in [1.165, 1.54) is 16.8 Å². The van der Waals surface area contributed by atoms with Crippen LogP contribution in [0.1, 0.15) is 11.1 Å². The van der Waals surface area contributed by atoms with Gasteiger partial charge in [-0.1, -0.05) is 24.3 Å². The largest absolute Gasteiger partial charge is 0.373 e. The van der Waals surface area contributed by atoms with E-state index in [0.29, 0.717) is 13.1 Å². The fourth-order valence-corrected chi connectivity index (χ4v) is 3.21. The van der Waals surface area contributed by atoms with E-state index in [4.69, 9.17) is 0 Å². The number of carbonyl (C=O) groups excluding carboxylic acids is 1. The standard InChI is InChI=1S/C22H28N4O/c1-5-10-26(11-6-2)22(27)20(16-23)17-24-12-14-25(15-13-24)21-9-7-8-18(3)19(21)4/h5-9,17H,1-2,10-15H2,3-4H3/b20-17-. The van der Waals surface area contributed by atoms with E-state index >= 15 is 0 Å². The molecule has 0 aliphatic carbocycles. The van der Waals surface area contributed by atoms with Gasteiger partial charge in [0.15, 0.2) is 0 Å². The summed E-state index contributed by atoms with van der Waals surface area (Å²) in [6, 6.07) is 8.42. The summed E-state index contributed by atoms with van der Waals surface area (Å²) in [5.41, 5.74) is 4.01. The van der Waals surface area contributed by atoms with Gasteiger partial charge in [-0.3, -0.25) is 4.79 Å². The van der Waals surface area contributed by atoms with Gasteiger partial charge in [0.2, 0.25) is 0 Å². The molecule has 0 spiro atoms. The van der Waals surface area contributed by atoms with Gasteiger partial charge in [0, 0.05) is 51.2 Å². The number of carbonyl (C=O) groups is 1. The van der Waals surface area contributed by atoms with Crippen molar-refractivity contribution >= 4 is 11.6 Å². The zero-order valence-electron chi connectivity index (χ0n) is 16.3. The predicted octanol–water partition coefficient (Wildman–Crippen LogP) is 3.03. The van der Waals surface area contributed by atoms with Crippen molar-refractivity contribution in [2.45, 2.75) is 13.8 Å². The molecule has 0 N–H and O–H groups in total. The summed E-state index contributed by atoms with van der Waals surface area (Å²) in [4.78, 5) is 18.6. The molecule has 0 bridgehead atoms. The van der Waals surface area contributed by atoms with Crippen molar-refractivity contribution in [1.82, 2.24) is 9.80 Å². The average molecular weight is 364 g/mol. The molecule has 1 aliphatic rings. The third-order valence-electron chi connectivity index (χ3n) is 4.88. The number of amides is 1. The van der Waals surface area contributed by atoms with Gasteiger partial charge in [0.1, 0.15) is 11.6 Å². The predicted molar refractivity (Wildman–Crippen MR) is 110 cm³/mol. The molecule has 2 rings (SSSR count). The third kappa shape index (κ3) is 5.01. The molecule has 0 radical (unpaired) electrons. The molecular weight excluding hydrogens is 336 g/mol. The van der Waals surface area contributed by atoms with Crippen LogP contribution in [0.25, 0.3) is 0 Å². The maximum absolute atomic E-state index is 12.6. The zero-order valence-corrected chi connectivity index (χ0v) is 16.3. The monoisotopic (exact) mass is 364 g/mol. The molecule has 1 amide bonds. The number of rotatable bonds is 7. The van der Waals surface area contributed by atoms with Crippen LogP contribution in [-0.4, -0.2) is 55.0 Å². The Hall–Kier alpha value is -3.00. The quantitative estimate of drug-likeness (QED) is 0.424. The first-order chi connectivity index (χ1) is 13.0. The fraction of sp³-hybridized carbons (Fsp3) is 0.364. The van der Waals surface area contributed by atoms with Crippen molar-refractivity contribution in [1.29, 1.82) is 5.26 Å². The van der Waals surface area contributed by atoms with Gasteiger partial charge >= 0.3 is 0 Å². The van der Waals surface area contributed by atoms with Crippen LogP contribution in [0, 0.1) is 25.2 Å². The number of hydrogen-bond acceptors (Lipinski definition) is 4. The molecule has 0 aromatic heterocycles. The van der Waals surface area contributed by atoms with Gasteiger partial charge in [-0.15, -0.1) is 13.2 Å². The first kappa shape index (κ1) is 20.3. The molecule has 0 unspecified atom stereocenters. The highest BCUT2D eigenvalue weighted by molar-refractivity contribution is 5.97. The first-order valence-corrected chi connectivity index (χ1v) is 9.20. The summed E-state index contributed by atoms with van der Waals surface area (Å²) in [5, 5.41) is 9.45. The Morgan fingerprint density at radius 1 is 1.19 bits per heavy atom. The zero-order chi connectivity index (χ0) is 19.8. The summed E-state index contributed by atoms with van der Waals surface area (Å²) >= 11 is 0. The van der Waals surface area contributed by atoms with Gasteiger partial charge in [-0.05, 0) is 31.0 Å². The van der Waals surface area contributed by atoms with Gasteiger partial charge in [-0.25, -0.2) is 0 Å². The van der Waals surface area contributed by atoms with Crippen molar-refractivity contribution < 1.29 is 4.79 Å². The molecule has 0 saturated carbocycles. The summed E-state index contributed by atoms with van der Waals surface area (Å²) in [6.45, 7) is 15.7. The minimum atomic E-state index is -0.283. The lowest BCUT2D eigenvalue weighted by molar-refractivity contribution is -0.125. The minimum absolute atomic E-state index is 0.152. The summed E-state index contributed by atoms with van der Waals surface area (Å²) in [7, 11) is 0. The van der Waals surface area contributed by atoms with Gasteiger partial charge in [-0.2, -0.15) is 5.26 Å². The van der Waals surface area contributed by atoms with Gasteiger partial charge in [0.25, 0.3) is 5.91 Å². The van der Waals surface area contributed by atoms with E-state index < -0.39 is 0 Å². The molecule has 1 aromatic carbocycles. The number of piperazine rings is 1. The molecular formula is C22H28N4O.